The zero-order valence-electron chi connectivity index (χ0n) is 21.2. The summed E-state index contributed by atoms with van der Waals surface area (Å²) in [5, 5.41) is 5.24. The van der Waals surface area contributed by atoms with E-state index in [1.807, 2.05) is 6.07 Å². The van der Waals surface area contributed by atoms with Crippen LogP contribution < -0.4 is 24.8 Å². The Kier molecular flexibility index (Phi) is 9.16. The molecule has 0 unspecified atom stereocenters. The number of rotatable bonds is 11. The van der Waals surface area contributed by atoms with Crippen molar-refractivity contribution in [1.29, 1.82) is 0 Å². The van der Waals surface area contributed by atoms with Crippen molar-refractivity contribution in [1.82, 2.24) is 10.6 Å². The molecule has 3 rings (SSSR count). The summed E-state index contributed by atoms with van der Waals surface area (Å²) in [7, 11) is 0. The maximum atomic E-state index is 12.4. The third kappa shape index (κ3) is 9.85. The van der Waals surface area contributed by atoms with Crippen molar-refractivity contribution in [2.45, 2.75) is 52.2 Å². The Balaban J connectivity index is 1.38. The molecule has 9 heteroatoms. The maximum absolute atomic E-state index is 12.4. The summed E-state index contributed by atoms with van der Waals surface area (Å²) in [5.41, 5.74) is -0.210. The van der Waals surface area contributed by atoms with Crippen LogP contribution in [0.1, 0.15) is 50.9 Å². The van der Waals surface area contributed by atoms with Gasteiger partial charge < -0.3 is 29.6 Å². The van der Waals surface area contributed by atoms with Gasteiger partial charge in [-0.25, -0.2) is 9.59 Å². The Morgan fingerprint density at radius 2 is 1.67 bits per heavy atom. The number of ether oxygens (including phenoxy) is 4. The van der Waals surface area contributed by atoms with Crippen LogP contribution >= 0.6 is 0 Å². The molecule has 0 radical (unpaired) electrons. The predicted octanol–water partition coefficient (Wildman–Crippen LogP) is 4.10. The number of carbonyl (C=O) groups excluding carboxylic acids is 3. The summed E-state index contributed by atoms with van der Waals surface area (Å²) in [5.74, 6) is 1.16. The Morgan fingerprint density at radius 1 is 0.972 bits per heavy atom. The first-order chi connectivity index (χ1) is 17.1. The second-order valence-electron chi connectivity index (χ2n) is 9.77. The van der Waals surface area contributed by atoms with Crippen LogP contribution in [0, 0.1) is 5.92 Å². The van der Waals surface area contributed by atoms with Gasteiger partial charge in [-0.3, -0.25) is 4.79 Å². The van der Waals surface area contributed by atoms with Crippen LogP contribution in [0.15, 0.2) is 48.5 Å². The topological polar surface area (TPSA) is 112 Å². The lowest BCUT2D eigenvalue weighted by molar-refractivity contribution is -0.133. The average Bonchev–Trinajstić information content (AvgIpc) is 3.64. The van der Waals surface area contributed by atoms with E-state index in [4.69, 9.17) is 18.9 Å². The molecule has 0 spiro atoms. The van der Waals surface area contributed by atoms with E-state index in [9.17, 15) is 14.4 Å². The standard InChI is InChI=1S/C27H34N2O7/c1-18(29-26(32)36-27(2,3)4)16-33-21-12-10-20(11-13-21)25(31)28-15-24(30)35-23-7-5-6-22(14-23)34-17-19-8-9-19/h5-7,10-14,18-19H,8-9,15-17H2,1-4H3,(H,28,31)(H,29,32)/t18-/m0/s1. The number of benzene rings is 2. The normalized spacial score (nSPS) is 13.8. The van der Waals surface area contributed by atoms with Crippen molar-refractivity contribution >= 4 is 18.0 Å². The quantitative estimate of drug-likeness (QED) is 0.354. The van der Waals surface area contributed by atoms with E-state index in [0.29, 0.717) is 35.3 Å². The van der Waals surface area contributed by atoms with Crippen molar-refractivity contribution in [3.63, 3.8) is 0 Å². The molecular formula is C27H34N2O7. The number of nitrogens with one attached hydrogen (secondary N) is 2. The molecule has 2 amide bonds. The van der Waals surface area contributed by atoms with Crippen LogP contribution in [0.3, 0.4) is 0 Å². The van der Waals surface area contributed by atoms with E-state index < -0.39 is 23.6 Å². The van der Waals surface area contributed by atoms with Gasteiger partial charge in [-0.05, 0) is 82.9 Å². The Morgan fingerprint density at radius 3 is 2.33 bits per heavy atom. The molecule has 1 saturated carbocycles. The van der Waals surface area contributed by atoms with E-state index in [2.05, 4.69) is 10.6 Å². The molecule has 0 aliphatic heterocycles. The minimum atomic E-state index is -0.589. The molecule has 2 aromatic rings. The second kappa shape index (κ2) is 12.3. The first kappa shape index (κ1) is 26.8. The van der Waals surface area contributed by atoms with Gasteiger partial charge in [0.15, 0.2) is 0 Å². The Hall–Kier alpha value is -3.75. The van der Waals surface area contributed by atoms with Crippen LogP contribution in [-0.2, 0) is 9.53 Å². The number of hydrogen-bond donors (Lipinski definition) is 2. The van der Waals surface area contributed by atoms with Crippen molar-refractivity contribution in [2.75, 3.05) is 19.8 Å². The summed E-state index contributed by atoms with van der Waals surface area (Å²) in [4.78, 5) is 36.3. The fraction of sp³-hybridized carbons (Fsp3) is 0.444. The zero-order chi connectivity index (χ0) is 26.1. The molecular weight excluding hydrogens is 464 g/mol. The SMILES string of the molecule is C[C@@H](COc1ccc(C(=O)NCC(=O)Oc2cccc(OCC3CC3)c2)cc1)NC(=O)OC(C)(C)C. The number of hydrogen-bond acceptors (Lipinski definition) is 7. The number of amides is 2. The monoisotopic (exact) mass is 498 g/mol. The van der Waals surface area contributed by atoms with Gasteiger partial charge in [0.2, 0.25) is 0 Å². The molecule has 1 aliphatic rings. The van der Waals surface area contributed by atoms with Gasteiger partial charge >= 0.3 is 12.1 Å². The predicted molar refractivity (Wildman–Crippen MR) is 133 cm³/mol. The van der Waals surface area contributed by atoms with Gasteiger partial charge in [0.25, 0.3) is 5.91 Å². The molecule has 194 valence electrons. The van der Waals surface area contributed by atoms with Crippen molar-refractivity contribution in [3.05, 3.63) is 54.1 Å². The van der Waals surface area contributed by atoms with Crippen LogP contribution in [0.25, 0.3) is 0 Å². The Bertz CT molecular complexity index is 1040. The maximum Gasteiger partial charge on any atom is 0.407 e. The smallest absolute Gasteiger partial charge is 0.407 e. The molecule has 9 nitrogen and oxygen atoms in total. The molecule has 1 fully saturated rings. The van der Waals surface area contributed by atoms with Gasteiger partial charge in [-0.2, -0.15) is 0 Å². The minimum Gasteiger partial charge on any atom is -0.493 e. The molecule has 2 aromatic carbocycles. The molecule has 0 aromatic heterocycles. The highest BCUT2D eigenvalue weighted by molar-refractivity contribution is 5.96. The fourth-order valence-corrected chi connectivity index (χ4v) is 3.02. The zero-order valence-corrected chi connectivity index (χ0v) is 21.2. The highest BCUT2D eigenvalue weighted by atomic mass is 16.6. The molecule has 1 aliphatic carbocycles. The summed E-state index contributed by atoms with van der Waals surface area (Å²) in [6, 6.07) is 13.1. The highest BCUT2D eigenvalue weighted by Crippen LogP contribution is 2.30. The lowest BCUT2D eigenvalue weighted by atomic mass is 10.2. The number of esters is 1. The van der Waals surface area contributed by atoms with Crippen LogP contribution in [0.4, 0.5) is 4.79 Å². The van der Waals surface area contributed by atoms with Gasteiger partial charge in [-0.15, -0.1) is 0 Å². The molecule has 1 atom stereocenters. The summed E-state index contributed by atoms with van der Waals surface area (Å²) in [6.07, 6.45) is 1.87. The van der Waals surface area contributed by atoms with Crippen LogP contribution in [0.2, 0.25) is 0 Å². The van der Waals surface area contributed by atoms with Crippen molar-refractivity contribution < 1.29 is 33.3 Å². The van der Waals surface area contributed by atoms with Crippen molar-refractivity contribution in [3.8, 4) is 17.2 Å². The first-order valence-corrected chi connectivity index (χ1v) is 12.0. The second-order valence-corrected chi connectivity index (χ2v) is 9.77. The third-order valence-electron chi connectivity index (χ3n) is 4.99. The molecule has 2 N–H and O–H groups in total. The van der Waals surface area contributed by atoms with Gasteiger partial charge in [0.05, 0.1) is 12.6 Å². The fourth-order valence-electron chi connectivity index (χ4n) is 3.02. The molecule has 36 heavy (non-hydrogen) atoms. The number of alkyl carbamates (subject to hydrolysis) is 1. The Labute approximate surface area is 211 Å². The lowest BCUT2D eigenvalue weighted by Gasteiger charge is -2.22. The average molecular weight is 499 g/mol. The lowest BCUT2D eigenvalue weighted by Crippen LogP contribution is -2.40. The van der Waals surface area contributed by atoms with Crippen LogP contribution in [0.5, 0.6) is 17.2 Å². The largest absolute Gasteiger partial charge is 0.493 e. The highest BCUT2D eigenvalue weighted by Gasteiger charge is 2.22. The van der Waals surface area contributed by atoms with Gasteiger partial charge in [-0.1, -0.05) is 6.07 Å². The van der Waals surface area contributed by atoms with E-state index in [-0.39, 0.29) is 19.2 Å². The van der Waals surface area contributed by atoms with E-state index in [1.54, 1.807) is 70.2 Å². The first-order valence-electron chi connectivity index (χ1n) is 12.0. The van der Waals surface area contributed by atoms with E-state index in [0.717, 1.165) is 0 Å². The van der Waals surface area contributed by atoms with Crippen molar-refractivity contribution in [2.24, 2.45) is 5.92 Å². The van der Waals surface area contributed by atoms with Gasteiger partial charge in [0, 0.05) is 11.6 Å². The van der Waals surface area contributed by atoms with E-state index in [1.165, 1.54) is 12.8 Å². The third-order valence-corrected chi connectivity index (χ3v) is 4.99. The summed E-state index contributed by atoms with van der Waals surface area (Å²) < 4.78 is 21.9. The summed E-state index contributed by atoms with van der Waals surface area (Å²) in [6.45, 7) is 7.78. The van der Waals surface area contributed by atoms with Crippen LogP contribution in [-0.4, -0.2) is 49.4 Å². The minimum absolute atomic E-state index is 0.226. The molecule has 0 saturated heterocycles. The van der Waals surface area contributed by atoms with Gasteiger partial charge in [0.1, 0.15) is 36.0 Å². The molecule has 0 heterocycles. The number of carbonyl (C=O) groups is 3. The summed E-state index contributed by atoms with van der Waals surface area (Å²) >= 11 is 0. The van der Waals surface area contributed by atoms with E-state index >= 15 is 0 Å². The molecule has 0 bridgehead atoms.